The quantitative estimate of drug-likeness (QED) is 0.701. The molecule has 0 amide bonds. The number of nitrogens with one attached hydrogen (secondary N) is 1. The first kappa shape index (κ1) is 12.1. The molecule has 19 heavy (non-hydrogen) atoms. The topological polar surface area (TPSA) is 41.8 Å². The summed E-state index contributed by atoms with van der Waals surface area (Å²) < 4.78 is 6.44. The number of rotatable bonds is 2. The van der Waals surface area contributed by atoms with E-state index in [0.29, 0.717) is 10.5 Å². The van der Waals surface area contributed by atoms with Gasteiger partial charge in [0.2, 0.25) is 0 Å². The number of nitrogens with zero attached hydrogens (tertiary/aromatic N) is 1. The molecule has 3 aromatic rings. The molecule has 2 aromatic heterocycles. The highest BCUT2D eigenvalue weighted by atomic mass is 32.1. The molecule has 0 aliphatic carbocycles. The lowest BCUT2D eigenvalue weighted by Gasteiger charge is -2.05. The van der Waals surface area contributed by atoms with E-state index in [1.807, 2.05) is 37.3 Å². The summed E-state index contributed by atoms with van der Waals surface area (Å²) in [7, 11) is 0. The number of aromatic nitrogens is 2. The number of hydrogen-bond acceptors (Lipinski definition) is 3. The second-order valence-corrected chi connectivity index (χ2v) is 4.88. The fourth-order valence-corrected chi connectivity index (χ4v) is 2.63. The summed E-state index contributed by atoms with van der Waals surface area (Å²) in [6.45, 7) is 4.09. The summed E-state index contributed by atoms with van der Waals surface area (Å²) >= 11 is 5.33. The lowest BCUT2D eigenvalue weighted by Crippen LogP contribution is -1.98. The Hall–Kier alpha value is -1.94. The van der Waals surface area contributed by atoms with Crippen molar-refractivity contribution in [1.82, 2.24) is 9.97 Å². The Balaban J connectivity index is 2.19. The van der Waals surface area contributed by atoms with Gasteiger partial charge in [-0.25, -0.2) is 4.98 Å². The van der Waals surface area contributed by atoms with Crippen LogP contribution in [-0.2, 0) is 6.42 Å². The zero-order valence-corrected chi connectivity index (χ0v) is 11.7. The molecule has 4 heteroatoms. The average Bonchev–Trinajstić information content (AvgIpc) is 2.82. The molecular weight excluding hydrogens is 256 g/mol. The highest BCUT2D eigenvalue weighted by Crippen LogP contribution is 2.26. The third kappa shape index (κ3) is 2.08. The zero-order valence-electron chi connectivity index (χ0n) is 10.9. The van der Waals surface area contributed by atoms with Crippen molar-refractivity contribution >= 4 is 23.2 Å². The number of aromatic amines is 1. The van der Waals surface area contributed by atoms with E-state index >= 15 is 0 Å². The van der Waals surface area contributed by atoms with Gasteiger partial charge in [-0.15, -0.1) is 0 Å². The number of furan rings is 1. The smallest absolute Gasteiger partial charge is 0.175 e. The van der Waals surface area contributed by atoms with Gasteiger partial charge in [-0.3, -0.25) is 0 Å². The van der Waals surface area contributed by atoms with Gasteiger partial charge in [0.05, 0.1) is 0 Å². The maximum Gasteiger partial charge on any atom is 0.175 e. The zero-order chi connectivity index (χ0) is 13.4. The normalized spacial score (nSPS) is 11.1. The van der Waals surface area contributed by atoms with Gasteiger partial charge in [0, 0.05) is 16.6 Å². The van der Waals surface area contributed by atoms with Crippen molar-refractivity contribution in [1.29, 1.82) is 0 Å². The lowest BCUT2D eigenvalue weighted by atomic mass is 10.2. The van der Waals surface area contributed by atoms with Gasteiger partial charge in [-0.05, 0) is 25.5 Å². The number of para-hydroxylation sites is 1. The van der Waals surface area contributed by atoms with Crippen LogP contribution in [0.1, 0.15) is 18.2 Å². The van der Waals surface area contributed by atoms with E-state index in [2.05, 4.69) is 16.9 Å². The Morgan fingerprint density at radius 3 is 2.79 bits per heavy atom. The predicted molar refractivity (Wildman–Crippen MR) is 78.7 cm³/mol. The molecule has 0 fully saturated rings. The Bertz CT molecular complexity index is 768. The highest BCUT2D eigenvalue weighted by molar-refractivity contribution is 7.71. The molecule has 1 aromatic carbocycles. The summed E-state index contributed by atoms with van der Waals surface area (Å²) in [5, 5.41) is 1.07. The van der Waals surface area contributed by atoms with Crippen molar-refractivity contribution < 1.29 is 4.42 Å². The summed E-state index contributed by atoms with van der Waals surface area (Å²) in [6.07, 6.45) is 0.884. The molecule has 0 saturated carbocycles. The molecule has 1 N–H and O–H groups in total. The van der Waals surface area contributed by atoms with Gasteiger partial charge >= 0.3 is 0 Å². The Morgan fingerprint density at radius 2 is 2.11 bits per heavy atom. The Labute approximate surface area is 116 Å². The lowest BCUT2D eigenvalue weighted by molar-refractivity contribution is 0.624. The van der Waals surface area contributed by atoms with Crippen LogP contribution in [0.2, 0.25) is 0 Å². The van der Waals surface area contributed by atoms with Gasteiger partial charge < -0.3 is 9.40 Å². The van der Waals surface area contributed by atoms with Crippen LogP contribution in [0.15, 0.2) is 34.7 Å². The third-order valence-electron chi connectivity index (χ3n) is 3.24. The molecule has 0 saturated heterocycles. The van der Waals surface area contributed by atoms with Crippen molar-refractivity contribution in [2.24, 2.45) is 0 Å². The van der Waals surface area contributed by atoms with E-state index in [-0.39, 0.29) is 0 Å². The van der Waals surface area contributed by atoms with Crippen LogP contribution in [0.4, 0.5) is 0 Å². The number of H-pyrrole nitrogens is 1. The van der Waals surface area contributed by atoms with Crippen molar-refractivity contribution in [3.8, 4) is 11.6 Å². The van der Waals surface area contributed by atoms with E-state index < -0.39 is 0 Å². The van der Waals surface area contributed by atoms with Crippen LogP contribution < -0.4 is 0 Å². The Kier molecular flexibility index (Phi) is 2.95. The van der Waals surface area contributed by atoms with Crippen LogP contribution in [0.25, 0.3) is 22.6 Å². The molecule has 0 radical (unpaired) electrons. The first-order valence-corrected chi connectivity index (χ1v) is 6.68. The third-order valence-corrected chi connectivity index (χ3v) is 3.58. The monoisotopic (exact) mass is 270 g/mol. The molecule has 3 nitrogen and oxygen atoms in total. The van der Waals surface area contributed by atoms with E-state index in [1.165, 1.54) is 0 Å². The SMILES string of the molecule is CCc1c(C)[nH]c(-c2cc3ccccc3o2)nc1=S. The van der Waals surface area contributed by atoms with Crippen molar-refractivity contribution in [2.75, 3.05) is 0 Å². The molecular formula is C15H14N2OS. The molecule has 0 bridgehead atoms. The predicted octanol–water partition coefficient (Wildman–Crippen LogP) is 4.42. The van der Waals surface area contributed by atoms with Crippen LogP contribution in [-0.4, -0.2) is 9.97 Å². The fraction of sp³-hybridized carbons (Fsp3) is 0.200. The molecule has 0 spiro atoms. The fourth-order valence-electron chi connectivity index (χ4n) is 2.24. The van der Waals surface area contributed by atoms with Gasteiger partial charge in [0.25, 0.3) is 0 Å². The first-order valence-electron chi connectivity index (χ1n) is 6.27. The van der Waals surface area contributed by atoms with Crippen LogP contribution >= 0.6 is 12.2 Å². The summed E-state index contributed by atoms with van der Waals surface area (Å²) in [5.41, 5.74) is 3.00. The molecule has 2 heterocycles. The molecule has 0 aliphatic rings. The first-order chi connectivity index (χ1) is 9.19. The highest BCUT2D eigenvalue weighted by Gasteiger charge is 2.10. The van der Waals surface area contributed by atoms with Crippen LogP contribution in [0, 0.1) is 11.6 Å². The minimum absolute atomic E-state index is 0.647. The average molecular weight is 270 g/mol. The molecule has 3 rings (SSSR count). The number of fused-ring (bicyclic) bond motifs is 1. The van der Waals surface area contributed by atoms with E-state index in [9.17, 15) is 0 Å². The largest absolute Gasteiger partial charge is 0.453 e. The number of hydrogen-bond donors (Lipinski definition) is 1. The molecule has 0 unspecified atom stereocenters. The van der Waals surface area contributed by atoms with E-state index in [1.54, 1.807) is 0 Å². The van der Waals surface area contributed by atoms with Crippen molar-refractivity contribution in [3.05, 3.63) is 46.2 Å². The number of benzene rings is 1. The summed E-state index contributed by atoms with van der Waals surface area (Å²) in [6, 6.07) is 9.89. The van der Waals surface area contributed by atoms with Gasteiger partial charge in [-0.1, -0.05) is 37.3 Å². The molecule has 0 aliphatic heterocycles. The molecule has 96 valence electrons. The summed E-state index contributed by atoms with van der Waals surface area (Å²) in [4.78, 5) is 7.71. The number of aryl methyl sites for hydroxylation is 1. The van der Waals surface area contributed by atoms with Crippen molar-refractivity contribution in [2.45, 2.75) is 20.3 Å². The van der Waals surface area contributed by atoms with Gasteiger partial charge in [0.15, 0.2) is 11.6 Å². The van der Waals surface area contributed by atoms with Crippen LogP contribution in [0.3, 0.4) is 0 Å². The second kappa shape index (κ2) is 4.63. The van der Waals surface area contributed by atoms with Crippen LogP contribution in [0.5, 0.6) is 0 Å². The second-order valence-electron chi connectivity index (χ2n) is 4.50. The summed E-state index contributed by atoms with van der Waals surface area (Å²) in [5.74, 6) is 1.41. The van der Waals surface area contributed by atoms with Gasteiger partial charge in [-0.2, -0.15) is 0 Å². The standard InChI is InChI=1S/C15H14N2OS/c1-3-11-9(2)16-14(17-15(11)19)13-8-10-6-4-5-7-12(10)18-13/h4-8H,3H2,1-2H3,(H,16,17,19). The molecule has 0 atom stereocenters. The van der Waals surface area contributed by atoms with E-state index in [0.717, 1.165) is 34.4 Å². The Morgan fingerprint density at radius 1 is 1.32 bits per heavy atom. The van der Waals surface area contributed by atoms with E-state index in [4.69, 9.17) is 16.6 Å². The maximum atomic E-state index is 5.80. The van der Waals surface area contributed by atoms with Gasteiger partial charge in [0.1, 0.15) is 10.2 Å². The van der Waals surface area contributed by atoms with Crippen molar-refractivity contribution in [3.63, 3.8) is 0 Å². The maximum absolute atomic E-state index is 5.80. The minimum atomic E-state index is 0.647. The minimum Gasteiger partial charge on any atom is -0.453 e.